The van der Waals surface area contributed by atoms with Gasteiger partial charge in [-0.2, -0.15) is 5.26 Å². The number of benzene rings is 1. The molecule has 0 radical (unpaired) electrons. The van der Waals surface area contributed by atoms with Crippen LogP contribution in [0.5, 0.6) is 0 Å². The van der Waals surface area contributed by atoms with Crippen LogP contribution in [0, 0.1) is 17.2 Å². The fraction of sp³-hybridized carbons (Fsp3) is 0.381. The number of anilines is 1. The summed E-state index contributed by atoms with van der Waals surface area (Å²) < 4.78 is 0. The molecule has 3 saturated heterocycles. The molecule has 4 fully saturated rings. The number of piperazine rings is 1. The van der Waals surface area contributed by atoms with Gasteiger partial charge < -0.3 is 9.80 Å². The predicted octanol–water partition coefficient (Wildman–Crippen LogP) is 1.64. The van der Waals surface area contributed by atoms with Crippen LogP contribution in [0.3, 0.4) is 0 Å². The topological polar surface area (TPSA) is 97.6 Å². The maximum atomic E-state index is 13.4. The van der Waals surface area contributed by atoms with Gasteiger partial charge in [0.2, 0.25) is 5.91 Å². The lowest BCUT2D eigenvalue weighted by atomic mass is 10.1. The molecule has 1 saturated carbocycles. The van der Waals surface area contributed by atoms with Crippen LogP contribution in [-0.4, -0.2) is 57.3 Å². The fourth-order valence-electron chi connectivity index (χ4n) is 5.14. The van der Waals surface area contributed by atoms with Crippen LogP contribution in [-0.2, 0) is 9.59 Å². The third-order valence-corrected chi connectivity index (χ3v) is 6.58. The summed E-state index contributed by atoms with van der Waals surface area (Å²) in [6.07, 6.45) is 4.10. The Balaban J connectivity index is 1.41. The molecule has 4 amide bonds. The van der Waals surface area contributed by atoms with Gasteiger partial charge in [-0.05, 0) is 43.5 Å². The number of imide groups is 1. The van der Waals surface area contributed by atoms with Crippen molar-refractivity contribution in [1.29, 1.82) is 5.26 Å². The summed E-state index contributed by atoms with van der Waals surface area (Å²) in [5.74, 6) is -0.0748. The highest BCUT2D eigenvalue weighted by Gasteiger charge is 2.63. The lowest BCUT2D eigenvalue weighted by molar-refractivity contribution is -0.136. The largest absolute Gasteiger partial charge is 0.335 e. The van der Waals surface area contributed by atoms with Crippen molar-refractivity contribution in [2.24, 2.45) is 5.92 Å². The number of rotatable bonds is 2. The number of nitrogens with zero attached hydrogens (tertiary/aromatic N) is 5. The molecule has 2 bridgehead atoms. The molecular weight excluding hydrogens is 370 g/mol. The molecule has 29 heavy (non-hydrogen) atoms. The molecule has 4 heterocycles. The summed E-state index contributed by atoms with van der Waals surface area (Å²) in [5, 5.41) is 9.94. The van der Waals surface area contributed by atoms with Crippen molar-refractivity contribution in [3.05, 3.63) is 36.0 Å². The second kappa shape index (κ2) is 5.54. The molecule has 3 aliphatic heterocycles. The van der Waals surface area contributed by atoms with Crippen molar-refractivity contribution in [3.63, 3.8) is 0 Å². The van der Waals surface area contributed by atoms with Gasteiger partial charge in [-0.25, -0.2) is 9.69 Å². The van der Waals surface area contributed by atoms with E-state index in [-0.39, 0.29) is 35.8 Å². The zero-order chi connectivity index (χ0) is 19.9. The average molecular weight is 387 g/mol. The monoisotopic (exact) mass is 387 g/mol. The molecule has 0 spiro atoms. The van der Waals surface area contributed by atoms with Crippen LogP contribution in [0.15, 0.2) is 30.5 Å². The maximum Gasteiger partial charge on any atom is 0.332 e. The van der Waals surface area contributed by atoms with E-state index in [1.807, 2.05) is 4.90 Å². The first-order valence-corrected chi connectivity index (χ1v) is 9.84. The van der Waals surface area contributed by atoms with Gasteiger partial charge in [0.25, 0.3) is 5.91 Å². The van der Waals surface area contributed by atoms with E-state index in [9.17, 15) is 19.6 Å². The maximum absolute atomic E-state index is 13.4. The van der Waals surface area contributed by atoms with Gasteiger partial charge in [-0.3, -0.25) is 14.6 Å². The number of carbonyl (C=O) groups excluding carboxylic acids is 3. The second-order valence-corrected chi connectivity index (χ2v) is 8.17. The Kier molecular flexibility index (Phi) is 3.15. The molecule has 1 aromatic heterocycles. The smallest absolute Gasteiger partial charge is 0.332 e. The third-order valence-electron chi connectivity index (χ3n) is 6.58. The van der Waals surface area contributed by atoms with Crippen LogP contribution < -0.4 is 4.90 Å². The standard InChI is InChI=1S/C21H17N5O3/c22-9-12-5-6-15(14-2-1-7-23-17(12)14)26-20(28)18-16-8-13(25(18)21(26)29)10-24(16)19(27)11-3-4-11/h1-2,5-7,11,13,16,18H,3-4,8,10H2. The molecule has 8 nitrogen and oxygen atoms in total. The molecule has 144 valence electrons. The van der Waals surface area contributed by atoms with Gasteiger partial charge in [-0.1, -0.05) is 0 Å². The lowest BCUT2D eigenvalue weighted by Crippen LogP contribution is -2.55. The Morgan fingerprint density at radius 2 is 2.03 bits per heavy atom. The normalized spacial score (nSPS) is 27.7. The van der Waals surface area contributed by atoms with E-state index in [2.05, 4.69) is 11.1 Å². The molecular formula is C21H17N5O3. The van der Waals surface area contributed by atoms with Crippen molar-refractivity contribution in [3.8, 4) is 6.07 Å². The van der Waals surface area contributed by atoms with Gasteiger partial charge in [0, 0.05) is 24.0 Å². The van der Waals surface area contributed by atoms with Gasteiger partial charge in [0.05, 0.1) is 28.9 Å². The highest BCUT2D eigenvalue weighted by molar-refractivity contribution is 6.25. The zero-order valence-electron chi connectivity index (χ0n) is 15.5. The van der Waals surface area contributed by atoms with E-state index in [4.69, 9.17) is 0 Å². The van der Waals surface area contributed by atoms with Crippen LogP contribution in [0.25, 0.3) is 10.9 Å². The summed E-state index contributed by atoms with van der Waals surface area (Å²) in [6.45, 7) is 0.513. The molecule has 3 unspecified atom stereocenters. The average Bonchev–Trinajstić information content (AvgIpc) is 3.33. The second-order valence-electron chi connectivity index (χ2n) is 8.17. The highest BCUT2D eigenvalue weighted by Crippen LogP contribution is 2.45. The first-order chi connectivity index (χ1) is 14.1. The van der Waals surface area contributed by atoms with E-state index < -0.39 is 6.04 Å². The van der Waals surface area contributed by atoms with Crippen molar-refractivity contribution >= 4 is 34.4 Å². The zero-order valence-corrected chi connectivity index (χ0v) is 15.5. The number of fused-ring (bicyclic) bond motifs is 6. The van der Waals surface area contributed by atoms with E-state index in [1.165, 1.54) is 4.90 Å². The van der Waals surface area contributed by atoms with E-state index in [0.717, 1.165) is 12.8 Å². The van der Waals surface area contributed by atoms with Crippen LogP contribution >= 0.6 is 0 Å². The minimum absolute atomic E-state index is 0.0969. The third kappa shape index (κ3) is 2.07. The highest BCUT2D eigenvalue weighted by atomic mass is 16.2. The number of hydrogen-bond donors (Lipinski definition) is 0. The molecule has 1 aromatic carbocycles. The summed E-state index contributed by atoms with van der Waals surface area (Å²) in [4.78, 5) is 48.2. The van der Waals surface area contributed by atoms with E-state index in [1.54, 1.807) is 35.4 Å². The number of urea groups is 1. The van der Waals surface area contributed by atoms with Crippen molar-refractivity contribution in [1.82, 2.24) is 14.8 Å². The molecule has 2 aromatic rings. The van der Waals surface area contributed by atoms with Gasteiger partial charge >= 0.3 is 6.03 Å². The van der Waals surface area contributed by atoms with Gasteiger partial charge in [-0.15, -0.1) is 0 Å². The summed E-state index contributed by atoms with van der Waals surface area (Å²) in [7, 11) is 0. The van der Waals surface area contributed by atoms with E-state index in [0.29, 0.717) is 35.1 Å². The molecule has 6 rings (SSSR count). The first kappa shape index (κ1) is 16.5. The minimum Gasteiger partial charge on any atom is -0.335 e. The van der Waals surface area contributed by atoms with Crippen LogP contribution in [0.2, 0.25) is 0 Å². The molecule has 4 aliphatic rings. The fourth-order valence-corrected chi connectivity index (χ4v) is 5.14. The Bertz CT molecular complexity index is 1150. The molecule has 8 heteroatoms. The predicted molar refractivity (Wildman–Crippen MR) is 102 cm³/mol. The number of pyridine rings is 1. The number of carbonyl (C=O) groups is 3. The van der Waals surface area contributed by atoms with Crippen molar-refractivity contribution in [2.45, 2.75) is 37.4 Å². The van der Waals surface area contributed by atoms with Crippen molar-refractivity contribution in [2.75, 3.05) is 11.4 Å². The van der Waals surface area contributed by atoms with E-state index >= 15 is 0 Å². The van der Waals surface area contributed by atoms with Crippen LogP contribution in [0.1, 0.15) is 24.8 Å². The molecule has 0 N–H and O–H groups in total. The number of amides is 4. The van der Waals surface area contributed by atoms with Crippen molar-refractivity contribution < 1.29 is 14.4 Å². The number of hydrogen-bond acceptors (Lipinski definition) is 5. The minimum atomic E-state index is -0.619. The number of aromatic nitrogens is 1. The SMILES string of the molecule is N#Cc1ccc(N2C(=O)C3C4CC(CN4C(=O)C4CC4)N3C2=O)c2cccnc12. The lowest BCUT2D eigenvalue weighted by Gasteiger charge is -2.35. The Labute approximate surface area is 166 Å². The summed E-state index contributed by atoms with van der Waals surface area (Å²) in [5.41, 5.74) is 1.30. The quantitative estimate of drug-likeness (QED) is 0.730. The van der Waals surface area contributed by atoms with Gasteiger partial charge in [0.1, 0.15) is 12.1 Å². The molecule has 1 aliphatic carbocycles. The first-order valence-electron chi connectivity index (χ1n) is 9.84. The molecule has 3 atom stereocenters. The Morgan fingerprint density at radius 3 is 2.79 bits per heavy atom. The Morgan fingerprint density at radius 1 is 1.21 bits per heavy atom. The van der Waals surface area contributed by atoms with Crippen LogP contribution in [0.4, 0.5) is 10.5 Å². The van der Waals surface area contributed by atoms with Gasteiger partial charge in [0.15, 0.2) is 0 Å². The summed E-state index contributed by atoms with van der Waals surface area (Å²) >= 11 is 0. The summed E-state index contributed by atoms with van der Waals surface area (Å²) in [6, 6.07) is 7.49. The number of nitriles is 1. The number of likely N-dealkylation sites (tertiary alicyclic amines) is 1. The Hall–Kier alpha value is -3.47.